The van der Waals surface area contributed by atoms with Gasteiger partial charge in [-0.05, 0) is 36.5 Å². The zero-order chi connectivity index (χ0) is 12.8. The van der Waals surface area contributed by atoms with E-state index in [9.17, 15) is 9.18 Å². The van der Waals surface area contributed by atoms with E-state index in [2.05, 4.69) is 23.0 Å². The summed E-state index contributed by atoms with van der Waals surface area (Å²) in [6.45, 7) is -1.01. The van der Waals surface area contributed by atoms with Crippen molar-refractivity contribution >= 4 is 11.6 Å². The third-order valence-electron chi connectivity index (χ3n) is 3.45. The van der Waals surface area contributed by atoms with Crippen molar-refractivity contribution in [3.8, 4) is 0 Å². The van der Waals surface area contributed by atoms with Crippen molar-refractivity contribution in [3.05, 3.63) is 29.8 Å². The fraction of sp³-hybridized carbons (Fsp3) is 0.500. The van der Waals surface area contributed by atoms with E-state index in [1.807, 2.05) is 12.1 Å². The van der Waals surface area contributed by atoms with Gasteiger partial charge in [0.15, 0.2) is 6.67 Å². The van der Waals surface area contributed by atoms with Crippen molar-refractivity contribution in [1.29, 1.82) is 0 Å². The average molecular weight is 250 g/mol. The van der Waals surface area contributed by atoms with E-state index in [0.717, 1.165) is 5.69 Å². The second-order valence-corrected chi connectivity index (χ2v) is 4.76. The smallest absolute Gasteiger partial charge is 0.269 e. The van der Waals surface area contributed by atoms with Crippen LogP contribution in [0, 0.1) is 0 Å². The van der Waals surface area contributed by atoms with Crippen molar-refractivity contribution < 1.29 is 9.18 Å². The molecule has 3 nitrogen and oxygen atoms in total. The van der Waals surface area contributed by atoms with Gasteiger partial charge in [0, 0.05) is 0 Å². The summed E-state index contributed by atoms with van der Waals surface area (Å²) in [7, 11) is 0. The molecular formula is C14H19FN2O. The van der Waals surface area contributed by atoms with Gasteiger partial charge in [0.2, 0.25) is 0 Å². The van der Waals surface area contributed by atoms with Gasteiger partial charge in [-0.2, -0.15) is 0 Å². The Morgan fingerprint density at radius 2 is 1.83 bits per heavy atom. The standard InChI is InChI=1S/C14H19FN2O/c15-10-14(18)17-16-13-8-6-12(7-9-13)11-4-2-1-3-5-11/h6-9,11,16H,1-5,10H2,(H,17,18). The van der Waals surface area contributed by atoms with E-state index in [1.165, 1.54) is 37.7 Å². The number of alkyl halides is 1. The minimum absolute atomic E-state index is 0.661. The number of hydrogen-bond donors (Lipinski definition) is 2. The van der Waals surface area contributed by atoms with Gasteiger partial charge in [-0.25, -0.2) is 4.39 Å². The monoisotopic (exact) mass is 250 g/mol. The second-order valence-electron chi connectivity index (χ2n) is 4.76. The van der Waals surface area contributed by atoms with E-state index in [1.54, 1.807) is 0 Å². The predicted molar refractivity (Wildman–Crippen MR) is 70.0 cm³/mol. The van der Waals surface area contributed by atoms with E-state index in [0.29, 0.717) is 5.92 Å². The summed E-state index contributed by atoms with van der Waals surface area (Å²) in [6, 6.07) is 8.00. The van der Waals surface area contributed by atoms with Crippen LogP contribution in [-0.4, -0.2) is 12.6 Å². The van der Waals surface area contributed by atoms with Crippen LogP contribution in [0.25, 0.3) is 0 Å². The highest BCUT2D eigenvalue weighted by Gasteiger charge is 2.14. The molecule has 1 fully saturated rings. The lowest BCUT2D eigenvalue weighted by Crippen LogP contribution is -2.30. The Morgan fingerprint density at radius 3 is 2.44 bits per heavy atom. The summed E-state index contributed by atoms with van der Waals surface area (Å²) < 4.78 is 11.9. The highest BCUT2D eigenvalue weighted by Crippen LogP contribution is 2.32. The molecule has 1 amide bonds. The first-order valence-corrected chi connectivity index (χ1v) is 6.50. The molecular weight excluding hydrogens is 231 g/mol. The third kappa shape index (κ3) is 3.45. The molecule has 98 valence electrons. The zero-order valence-electron chi connectivity index (χ0n) is 10.4. The van der Waals surface area contributed by atoms with Crippen LogP contribution in [0.5, 0.6) is 0 Å². The van der Waals surface area contributed by atoms with Crippen LogP contribution in [0.4, 0.5) is 10.1 Å². The molecule has 0 unspecified atom stereocenters. The van der Waals surface area contributed by atoms with Crippen molar-refractivity contribution in [1.82, 2.24) is 5.43 Å². The van der Waals surface area contributed by atoms with Gasteiger partial charge < -0.3 is 0 Å². The minimum Gasteiger partial charge on any atom is -0.299 e. The first-order valence-electron chi connectivity index (χ1n) is 6.50. The topological polar surface area (TPSA) is 41.1 Å². The van der Waals surface area contributed by atoms with E-state index in [4.69, 9.17) is 0 Å². The molecule has 0 bridgehead atoms. The van der Waals surface area contributed by atoms with Crippen LogP contribution in [0.3, 0.4) is 0 Å². The fourth-order valence-corrected chi connectivity index (χ4v) is 2.45. The number of anilines is 1. The lowest BCUT2D eigenvalue weighted by molar-refractivity contribution is -0.121. The van der Waals surface area contributed by atoms with Crippen LogP contribution in [0.15, 0.2) is 24.3 Å². The van der Waals surface area contributed by atoms with Crippen LogP contribution in [0.2, 0.25) is 0 Å². The first-order chi connectivity index (χ1) is 8.79. The lowest BCUT2D eigenvalue weighted by atomic mass is 9.84. The molecule has 0 aromatic heterocycles. The first kappa shape index (κ1) is 12.9. The maximum atomic E-state index is 11.9. The molecule has 0 spiro atoms. The summed E-state index contributed by atoms with van der Waals surface area (Å²) in [5.74, 6) is 0.0135. The summed E-state index contributed by atoms with van der Waals surface area (Å²) in [5.41, 5.74) is 7.10. The van der Waals surface area contributed by atoms with Crippen LogP contribution in [-0.2, 0) is 4.79 Å². The average Bonchev–Trinajstić information content (AvgIpc) is 2.46. The Hall–Kier alpha value is -1.58. The molecule has 2 rings (SSSR count). The number of carbonyl (C=O) groups is 1. The second kappa shape index (κ2) is 6.38. The normalized spacial score (nSPS) is 16.3. The van der Waals surface area contributed by atoms with Gasteiger partial charge in [0.25, 0.3) is 5.91 Å². The molecule has 0 atom stereocenters. The number of benzene rings is 1. The van der Waals surface area contributed by atoms with E-state index in [-0.39, 0.29) is 0 Å². The van der Waals surface area contributed by atoms with Crippen LogP contribution < -0.4 is 10.9 Å². The molecule has 1 saturated carbocycles. The molecule has 0 heterocycles. The summed E-state index contributed by atoms with van der Waals surface area (Å²) >= 11 is 0. The van der Waals surface area contributed by atoms with E-state index >= 15 is 0 Å². The largest absolute Gasteiger partial charge is 0.299 e. The SMILES string of the molecule is O=C(CF)NNc1ccc(C2CCCCC2)cc1. The number of hydrazine groups is 1. The molecule has 0 radical (unpaired) electrons. The summed E-state index contributed by atoms with van der Waals surface area (Å²) in [4.78, 5) is 10.8. The zero-order valence-corrected chi connectivity index (χ0v) is 10.4. The molecule has 18 heavy (non-hydrogen) atoms. The van der Waals surface area contributed by atoms with Gasteiger partial charge in [0.05, 0.1) is 5.69 Å². The number of amides is 1. The van der Waals surface area contributed by atoms with Crippen LogP contribution in [0.1, 0.15) is 43.6 Å². The number of nitrogens with one attached hydrogen (secondary N) is 2. The lowest BCUT2D eigenvalue weighted by Gasteiger charge is -2.22. The number of carbonyl (C=O) groups excluding carboxylic acids is 1. The van der Waals surface area contributed by atoms with E-state index < -0.39 is 12.6 Å². The molecule has 4 heteroatoms. The molecule has 1 aromatic carbocycles. The Bertz CT molecular complexity index is 385. The Balaban J connectivity index is 1.90. The third-order valence-corrected chi connectivity index (χ3v) is 3.45. The predicted octanol–water partition coefficient (Wildman–Crippen LogP) is 3.15. The maximum absolute atomic E-state index is 11.9. The van der Waals surface area contributed by atoms with Gasteiger partial charge in [-0.3, -0.25) is 15.6 Å². The van der Waals surface area contributed by atoms with Gasteiger partial charge in [-0.15, -0.1) is 0 Å². The van der Waals surface area contributed by atoms with Gasteiger partial charge >= 0.3 is 0 Å². The fourth-order valence-electron chi connectivity index (χ4n) is 2.45. The molecule has 2 N–H and O–H groups in total. The molecule has 1 aliphatic carbocycles. The molecule has 0 saturated heterocycles. The quantitative estimate of drug-likeness (QED) is 0.806. The maximum Gasteiger partial charge on any atom is 0.269 e. The number of halogens is 1. The highest BCUT2D eigenvalue weighted by molar-refractivity contribution is 5.78. The molecule has 1 aliphatic rings. The van der Waals surface area contributed by atoms with Crippen molar-refractivity contribution in [2.75, 3.05) is 12.1 Å². The minimum atomic E-state index is -1.01. The number of rotatable bonds is 4. The molecule has 1 aromatic rings. The van der Waals surface area contributed by atoms with Crippen molar-refractivity contribution in [2.45, 2.75) is 38.0 Å². The summed E-state index contributed by atoms with van der Waals surface area (Å²) in [5, 5.41) is 0. The van der Waals surface area contributed by atoms with Gasteiger partial charge in [0.1, 0.15) is 0 Å². The van der Waals surface area contributed by atoms with Crippen LogP contribution >= 0.6 is 0 Å². The Kier molecular flexibility index (Phi) is 4.56. The van der Waals surface area contributed by atoms with Crippen molar-refractivity contribution in [3.63, 3.8) is 0 Å². The molecule has 0 aliphatic heterocycles. The van der Waals surface area contributed by atoms with Crippen molar-refractivity contribution in [2.24, 2.45) is 0 Å². The summed E-state index contributed by atoms with van der Waals surface area (Å²) in [6.07, 6.45) is 6.52. The highest BCUT2D eigenvalue weighted by atomic mass is 19.1. The Morgan fingerprint density at radius 1 is 1.17 bits per heavy atom. The Labute approximate surface area is 107 Å². The van der Waals surface area contributed by atoms with Gasteiger partial charge in [-0.1, -0.05) is 31.4 Å². The number of hydrogen-bond acceptors (Lipinski definition) is 2.